The van der Waals surface area contributed by atoms with Gasteiger partial charge in [0.1, 0.15) is 5.71 Å². The highest BCUT2D eigenvalue weighted by Crippen LogP contribution is 2.12. The standard InChI is InChI=1S/C15H11Cl2N3O2/c16-12-5-1-3-10(7-12)14(9-18-22)19-20-15(21)11-4-2-6-13(17)8-11/h1-9,22H,(H,20,21). The van der Waals surface area contributed by atoms with Gasteiger partial charge >= 0.3 is 0 Å². The number of oxime groups is 1. The summed E-state index contributed by atoms with van der Waals surface area (Å²) in [7, 11) is 0. The van der Waals surface area contributed by atoms with Crippen molar-refractivity contribution in [3.8, 4) is 0 Å². The molecule has 0 heterocycles. The van der Waals surface area contributed by atoms with Crippen molar-refractivity contribution in [2.45, 2.75) is 0 Å². The third kappa shape index (κ3) is 4.31. The SMILES string of the molecule is O=C(NN=C(C=NO)c1cccc(Cl)c1)c1cccc(Cl)c1. The molecule has 0 saturated carbocycles. The molecule has 0 aliphatic carbocycles. The molecule has 2 aromatic carbocycles. The fourth-order valence-corrected chi connectivity index (χ4v) is 2.06. The summed E-state index contributed by atoms with van der Waals surface area (Å²) in [5, 5.41) is 16.5. The lowest BCUT2D eigenvalue weighted by atomic mass is 10.1. The van der Waals surface area contributed by atoms with Crippen molar-refractivity contribution in [3.05, 3.63) is 69.7 Å². The van der Waals surface area contributed by atoms with Crippen molar-refractivity contribution >= 4 is 41.0 Å². The van der Waals surface area contributed by atoms with Crippen molar-refractivity contribution < 1.29 is 10.0 Å². The first-order chi connectivity index (χ1) is 10.6. The van der Waals surface area contributed by atoms with Gasteiger partial charge in [0.2, 0.25) is 0 Å². The highest BCUT2D eigenvalue weighted by molar-refractivity contribution is 6.39. The van der Waals surface area contributed by atoms with Gasteiger partial charge in [-0.15, -0.1) is 0 Å². The van der Waals surface area contributed by atoms with Crippen LogP contribution >= 0.6 is 23.2 Å². The number of carbonyl (C=O) groups is 1. The Kier molecular flexibility index (Phi) is 5.52. The molecule has 112 valence electrons. The van der Waals surface area contributed by atoms with Crippen LogP contribution < -0.4 is 5.43 Å². The number of hydrogen-bond donors (Lipinski definition) is 2. The number of amides is 1. The number of rotatable bonds is 4. The first kappa shape index (κ1) is 16.0. The summed E-state index contributed by atoms with van der Waals surface area (Å²) >= 11 is 11.7. The van der Waals surface area contributed by atoms with Gasteiger partial charge in [-0.2, -0.15) is 5.10 Å². The third-order valence-electron chi connectivity index (χ3n) is 2.67. The van der Waals surface area contributed by atoms with E-state index < -0.39 is 5.91 Å². The Hall–Kier alpha value is -2.37. The van der Waals surface area contributed by atoms with E-state index in [4.69, 9.17) is 28.4 Å². The molecule has 0 aliphatic heterocycles. The van der Waals surface area contributed by atoms with Crippen LogP contribution in [-0.2, 0) is 0 Å². The first-order valence-electron chi connectivity index (χ1n) is 6.17. The minimum atomic E-state index is -0.437. The molecule has 22 heavy (non-hydrogen) atoms. The zero-order valence-corrected chi connectivity index (χ0v) is 12.7. The predicted molar refractivity (Wildman–Crippen MR) is 87.2 cm³/mol. The maximum absolute atomic E-state index is 12.0. The molecule has 1 amide bonds. The summed E-state index contributed by atoms with van der Waals surface area (Å²) in [6.07, 6.45) is 1.10. The Labute approximate surface area is 136 Å². The van der Waals surface area contributed by atoms with Crippen LogP contribution in [0.5, 0.6) is 0 Å². The lowest BCUT2D eigenvalue weighted by Crippen LogP contribution is -2.20. The average molecular weight is 336 g/mol. The second kappa shape index (κ2) is 7.59. The van der Waals surface area contributed by atoms with Gasteiger partial charge in [0.15, 0.2) is 0 Å². The third-order valence-corrected chi connectivity index (χ3v) is 3.14. The van der Waals surface area contributed by atoms with Gasteiger partial charge in [0, 0.05) is 21.2 Å². The topological polar surface area (TPSA) is 74.0 Å². The number of nitrogens with zero attached hydrogens (tertiary/aromatic N) is 2. The van der Waals surface area contributed by atoms with Crippen molar-refractivity contribution in [1.82, 2.24) is 5.43 Å². The molecule has 0 atom stereocenters. The van der Waals surface area contributed by atoms with Gasteiger partial charge in [-0.05, 0) is 30.3 Å². The molecule has 0 aromatic heterocycles. The normalized spacial score (nSPS) is 11.6. The van der Waals surface area contributed by atoms with Crippen molar-refractivity contribution in [2.75, 3.05) is 0 Å². The largest absolute Gasteiger partial charge is 0.411 e. The summed E-state index contributed by atoms with van der Waals surface area (Å²) in [5.74, 6) is -0.437. The fraction of sp³-hybridized carbons (Fsp3) is 0. The van der Waals surface area contributed by atoms with Crippen molar-refractivity contribution in [1.29, 1.82) is 0 Å². The van der Waals surface area contributed by atoms with Gasteiger partial charge in [-0.3, -0.25) is 4.79 Å². The van der Waals surface area contributed by atoms with E-state index in [1.807, 2.05) is 0 Å². The Morgan fingerprint density at radius 1 is 1.05 bits per heavy atom. The summed E-state index contributed by atoms with van der Waals surface area (Å²) < 4.78 is 0. The maximum Gasteiger partial charge on any atom is 0.271 e. The Morgan fingerprint density at radius 2 is 1.64 bits per heavy atom. The van der Waals surface area contributed by atoms with E-state index in [1.165, 1.54) is 6.07 Å². The van der Waals surface area contributed by atoms with Crippen LogP contribution in [0.2, 0.25) is 10.0 Å². The molecule has 2 N–H and O–H groups in total. The quantitative estimate of drug-likeness (QED) is 0.509. The van der Waals surface area contributed by atoms with Crippen LogP contribution in [0.15, 0.2) is 58.8 Å². The van der Waals surface area contributed by atoms with Crippen LogP contribution in [0.25, 0.3) is 0 Å². The van der Waals surface area contributed by atoms with E-state index in [9.17, 15) is 4.79 Å². The van der Waals surface area contributed by atoms with Gasteiger partial charge in [-0.25, -0.2) is 5.43 Å². The number of halogens is 2. The number of hydrogen-bond acceptors (Lipinski definition) is 4. The second-order valence-electron chi connectivity index (χ2n) is 4.20. The molecule has 0 radical (unpaired) electrons. The number of carbonyl (C=O) groups excluding carboxylic acids is 1. The molecule has 2 aromatic rings. The highest BCUT2D eigenvalue weighted by atomic mass is 35.5. The van der Waals surface area contributed by atoms with E-state index >= 15 is 0 Å². The molecule has 0 spiro atoms. The Bertz CT molecular complexity index is 745. The van der Waals surface area contributed by atoms with E-state index in [-0.39, 0.29) is 5.71 Å². The highest BCUT2D eigenvalue weighted by Gasteiger charge is 2.07. The molecule has 5 nitrogen and oxygen atoms in total. The van der Waals surface area contributed by atoms with Crippen LogP contribution in [0.3, 0.4) is 0 Å². The zero-order chi connectivity index (χ0) is 15.9. The lowest BCUT2D eigenvalue weighted by molar-refractivity contribution is 0.0955. The molecular weight excluding hydrogens is 325 g/mol. The van der Waals surface area contributed by atoms with Crippen LogP contribution in [0, 0.1) is 0 Å². The van der Waals surface area contributed by atoms with Gasteiger partial charge < -0.3 is 5.21 Å². The molecule has 0 saturated heterocycles. The van der Waals surface area contributed by atoms with E-state index in [2.05, 4.69) is 15.7 Å². The molecule has 0 bridgehead atoms. The monoisotopic (exact) mass is 335 g/mol. The van der Waals surface area contributed by atoms with E-state index in [0.29, 0.717) is 21.2 Å². The first-order valence-corrected chi connectivity index (χ1v) is 6.92. The molecule has 0 aliphatic rings. The Morgan fingerprint density at radius 3 is 2.23 bits per heavy atom. The zero-order valence-electron chi connectivity index (χ0n) is 11.2. The molecule has 7 heteroatoms. The summed E-state index contributed by atoms with van der Waals surface area (Å²) in [5.41, 5.74) is 3.58. The van der Waals surface area contributed by atoms with Gasteiger partial charge in [0.25, 0.3) is 5.91 Å². The van der Waals surface area contributed by atoms with E-state index in [0.717, 1.165) is 6.21 Å². The molecule has 0 fully saturated rings. The van der Waals surface area contributed by atoms with Crippen LogP contribution in [0.4, 0.5) is 0 Å². The van der Waals surface area contributed by atoms with Crippen molar-refractivity contribution in [3.63, 3.8) is 0 Å². The lowest BCUT2D eigenvalue weighted by Gasteiger charge is -2.04. The number of hydrazone groups is 1. The molecule has 0 unspecified atom stereocenters. The fourth-order valence-electron chi connectivity index (χ4n) is 1.68. The predicted octanol–water partition coefficient (Wildman–Crippen LogP) is 3.59. The minimum Gasteiger partial charge on any atom is -0.411 e. The second-order valence-corrected chi connectivity index (χ2v) is 5.08. The van der Waals surface area contributed by atoms with Crippen LogP contribution in [0.1, 0.15) is 15.9 Å². The van der Waals surface area contributed by atoms with Gasteiger partial charge in [0.05, 0.1) is 6.21 Å². The number of benzene rings is 2. The summed E-state index contributed by atoms with van der Waals surface area (Å²) in [4.78, 5) is 12.0. The van der Waals surface area contributed by atoms with Crippen LogP contribution in [-0.4, -0.2) is 23.0 Å². The smallest absolute Gasteiger partial charge is 0.271 e. The molecular formula is C15H11Cl2N3O2. The summed E-state index contributed by atoms with van der Waals surface area (Å²) in [6, 6.07) is 13.2. The van der Waals surface area contributed by atoms with Gasteiger partial charge in [-0.1, -0.05) is 46.6 Å². The number of nitrogens with one attached hydrogen (secondary N) is 1. The summed E-state index contributed by atoms with van der Waals surface area (Å²) in [6.45, 7) is 0. The Balaban J connectivity index is 2.22. The molecule has 2 rings (SSSR count). The average Bonchev–Trinajstić information content (AvgIpc) is 2.51. The van der Waals surface area contributed by atoms with Crippen molar-refractivity contribution in [2.24, 2.45) is 10.3 Å². The van der Waals surface area contributed by atoms with E-state index in [1.54, 1.807) is 42.5 Å². The maximum atomic E-state index is 12.0. The minimum absolute atomic E-state index is 0.250.